The van der Waals surface area contributed by atoms with Crippen LogP contribution >= 0.6 is 0 Å². The van der Waals surface area contributed by atoms with Crippen molar-refractivity contribution in [3.8, 4) is 16.9 Å². The summed E-state index contributed by atoms with van der Waals surface area (Å²) in [5, 5.41) is 10.3. The SMILES string of the molecule is COC(=O)C(C)c1ccc(-c2ccc(O)c(CN(C)Cc3ccccc3)c2)c(F)c1. The molecule has 5 heteroatoms. The van der Waals surface area contributed by atoms with Gasteiger partial charge >= 0.3 is 5.97 Å². The summed E-state index contributed by atoms with van der Waals surface area (Å²) in [6.07, 6.45) is 0. The molecule has 0 spiro atoms. The molecule has 1 unspecified atom stereocenters. The molecule has 0 aliphatic rings. The Kier molecular flexibility index (Phi) is 6.85. The number of esters is 1. The molecule has 0 bridgehead atoms. The Morgan fingerprint density at radius 1 is 1.07 bits per heavy atom. The molecule has 3 aromatic carbocycles. The minimum Gasteiger partial charge on any atom is -0.508 e. The summed E-state index contributed by atoms with van der Waals surface area (Å²) in [6.45, 7) is 2.94. The van der Waals surface area contributed by atoms with E-state index in [1.165, 1.54) is 18.7 Å². The molecule has 0 amide bonds. The lowest BCUT2D eigenvalue weighted by atomic mass is 9.96. The van der Waals surface area contributed by atoms with Crippen molar-refractivity contribution in [3.05, 3.63) is 89.2 Å². The monoisotopic (exact) mass is 407 g/mol. The number of carbonyl (C=O) groups excluding carboxylic acids is 1. The number of ether oxygens (including phenoxy) is 1. The molecule has 1 N–H and O–H groups in total. The summed E-state index contributed by atoms with van der Waals surface area (Å²) >= 11 is 0. The van der Waals surface area contributed by atoms with E-state index in [2.05, 4.69) is 17.0 Å². The molecule has 3 aromatic rings. The molecule has 0 radical (unpaired) electrons. The number of phenolic OH excluding ortho intramolecular Hbond substituents is 1. The Morgan fingerprint density at radius 3 is 2.47 bits per heavy atom. The van der Waals surface area contributed by atoms with Crippen LogP contribution in [0.2, 0.25) is 0 Å². The summed E-state index contributed by atoms with van der Waals surface area (Å²) in [7, 11) is 3.29. The fraction of sp³-hybridized carbons (Fsp3) is 0.240. The van der Waals surface area contributed by atoms with Crippen LogP contribution in [0.15, 0.2) is 66.7 Å². The van der Waals surface area contributed by atoms with Gasteiger partial charge in [-0.25, -0.2) is 4.39 Å². The number of hydrogen-bond donors (Lipinski definition) is 1. The Balaban J connectivity index is 1.81. The lowest BCUT2D eigenvalue weighted by Gasteiger charge is -2.18. The van der Waals surface area contributed by atoms with E-state index < -0.39 is 17.7 Å². The first-order valence-electron chi connectivity index (χ1n) is 9.81. The van der Waals surface area contributed by atoms with Crippen molar-refractivity contribution in [2.45, 2.75) is 25.9 Å². The third kappa shape index (κ3) is 5.05. The van der Waals surface area contributed by atoms with Gasteiger partial charge in [0.1, 0.15) is 11.6 Å². The van der Waals surface area contributed by atoms with Gasteiger partial charge in [0, 0.05) is 24.2 Å². The van der Waals surface area contributed by atoms with Crippen LogP contribution in [0.4, 0.5) is 4.39 Å². The Hall–Kier alpha value is -3.18. The smallest absolute Gasteiger partial charge is 0.312 e. The molecule has 0 fully saturated rings. The van der Waals surface area contributed by atoms with E-state index in [1.54, 1.807) is 37.3 Å². The topological polar surface area (TPSA) is 49.8 Å². The summed E-state index contributed by atoms with van der Waals surface area (Å²) in [4.78, 5) is 13.8. The molecule has 30 heavy (non-hydrogen) atoms. The quantitative estimate of drug-likeness (QED) is 0.553. The Morgan fingerprint density at radius 2 is 1.80 bits per heavy atom. The zero-order valence-electron chi connectivity index (χ0n) is 17.4. The molecule has 0 saturated carbocycles. The number of benzene rings is 3. The number of halogens is 1. The van der Waals surface area contributed by atoms with E-state index in [0.29, 0.717) is 23.2 Å². The van der Waals surface area contributed by atoms with Crippen molar-refractivity contribution in [3.63, 3.8) is 0 Å². The fourth-order valence-electron chi connectivity index (χ4n) is 3.47. The lowest BCUT2D eigenvalue weighted by Crippen LogP contribution is -2.17. The third-order valence-electron chi connectivity index (χ3n) is 5.17. The molecule has 0 aliphatic carbocycles. The van der Waals surface area contributed by atoms with E-state index in [0.717, 1.165) is 12.1 Å². The van der Waals surface area contributed by atoms with E-state index in [1.807, 2.05) is 25.2 Å². The average molecular weight is 407 g/mol. The normalized spacial score (nSPS) is 12.0. The number of nitrogens with zero attached hydrogens (tertiary/aromatic N) is 1. The van der Waals surface area contributed by atoms with Crippen molar-refractivity contribution < 1.29 is 19.0 Å². The average Bonchev–Trinajstić information content (AvgIpc) is 2.75. The third-order valence-corrected chi connectivity index (χ3v) is 5.17. The molecule has 0 aromatic heterocycles. The van der Waals surface area contributed by atoms with Crippen LogP contribution in [-0.2, 0) is 22.6 Å². The summed E-state index contributed by atoms with van der Waals surface area (Å²) in [5.41, 5.74) is 3.55. The van der Waals surface area contributed by atoms with Crippen LogP contribution in [0.25, 0.3) is 11.1 Å². The summed E-state index contributed by atoms with van der Waals surface area (Å²) in [6, 6.07) is 19.9. The van der Waals surface area contributed by atoms with Crippen molar-refractivity contribution in [1.29, 1.82) is 0 Å². The van der Waals surface area contributed by atoms with Crippen molar-refractivity contribution in [2.75, 3.05) is 14.2 Å². The fourth-order valence-corrected chi connectivity index (χ4v) is 3.47. The van der Waals surface area contributed by atoms with Gasteiger partial charge in [0.2, 0.25) is 0 Å². The highest BCUT2D eigenvalue weighted by Gasteiger charge is 2.18. The van der Waals surface area contributed by atoms with E-state index >= 15 is 0 Å². The second-order valence-corrected chi connectivity index (χ2v) is 7.49. The van der Waals surface area contributed by atoms with Crippen LogP contribution in [0.1, 0.15) is 29.5 Å². The maximum atomic E-state index is 14.8. The second-order valence-electron chi connectivity index (χ2n) is 7.49. The highest BCUT2D eigenvalue weighted by molar-refractivity contribution is 5.78. The van der Waals surface area contributed by atoms with Crippen molar-refractivity contribution >= 4 is 5.97 Å². The summed E-state index contributed by atoms with van der Waals surface area (Å²) < 4.78 is 19.6. The highest BCUT2D eigenvalue weighted by Crippen LogP contribution is 2.30. The second kappa shape index (κ2) is 9.55. The van der Waals surface area contributed by atoms with E-state index in [9.17, 15) is 14.3 Å². The van der Waals surface area contributed by atoms with Crippen molar-refractivity contribution in [2.24, 2.45) is 0 Å². The number of hydrogen-bond acceptors (Lipinski definition) is 4. The Bertz CT molecular complexity index is 1020. The molecule has 0 aliphatic heterocycles. The van der Waals surface area contributed by atoms with Gasteiger partial charge in [-0.1, -0.05) is 48.5 Å². The highest BCUT2D eigenvalue weighted by atomic mass is 19.1. The first-order valence-corrected chi connectivity index (χ1v) is 9.81. The summed E-state index contributed by atoms with van der Waals surface area (Å²) in [5.74, 6) is -1.19. The van der Waals surface area contributed by atoms with Gasteiger partial charge in [-0.3, -0.25) is 9.69 Å². The van der Waals surface area contributed by atoms with E-state index in [-0.39, 0.29) is 5.75 Å². The van der Waals surface area contributed by atoms with Crippen LogP contribution in [0, 0.1) is 5.82 Å². The van der Waals surface area contributed by atoms with Crippen LogP contribution in [0.5, 0.6) is 5.75 Å². The van der Waals surface area contributed by atoms with Gasteiger partial charge in [-0.05, 0) is 48.9 Å². The lowest BCUT2D eigenvalue weighted by molar-refractivity contribution is -0.141. The first kappa shape index (κ1) is 21.5. The van der Waals surface area contributed by atoms with Crippen LogP contribution in [-0.4, -0.2) is 30.1 Å². The van der Waals surface area contributed by atoms with Crippen LogP contribution < -0.4 is 0 Å². The maximum absolute atomic E-state index is 14.8. The zero-order chi connectivity index (χ0) is 21.7. The minimum atomic E-state index is -0.541. The molecular formula is C25H26FNO3. The number of aromatic hydroxyl groups is 1. The standard InChI is InChI=1S/C25H26FNO3/c1-17(25(29)30-3)19-9-11-22(23(26)14-19)20-10-12-24(28)21(13-20)16-27(2)15-18-7-5-4-6-8-18/h4-14,17,28H,15-16H2,1-3H3. The number of phenols is 1. The van der Waals surface area contributed by atoms with Gasteiger partial charge in [-0.15, -0.1) is 0 Å². The number of carbonyl (C=O) groups is 1. The predicted octanol–water partition coefficient (Wildman–Crippen LogP) is 5.11. The minimum absolute atomic E-state index is 0.176. The Labute approximate surface area is 176 Å². The number of methoxy groups -OCH3 is 1. The largest absolute Gasteiger partial charge is 0.508 e. The molecule has 1 atom stereocenters. The molecule has 4 nitrogen and oxygen atoms in total. The maximum Gasteiger partial charge on any atom is 0.312 e. The number of rotatable bonds is 7. The van der Waals surface area contributed by atoms with Gasteiger partial charge in [0.05, 0.1) is 13.0 Å². The van der Waals surface area contributed by atoms with Crippen LogP contribution in [0.3, 0.4) is 0 Å². The van der Waals surface area contributed by atoms with Crippen molar-refractivity contribution in [1.82, 2.24) is 4.90 Å². The van der Waals surface area contributed by atoms with Gasteiger partial charge in [0.25, 0.3) is 0 Å². The molecule has 156 valence electrons. The predicted molar refractivity (Wildman–Crippen MR) is 116 cm³/mol. The van der Waals surface area contributed by atoms with Gasteiger partial charge < -0.3 is 9.84 Å². The molecule has 0 saturated heterocycles. The first-order chi connectivity index (χ1) is 14.4. The molecule has 0 heterocycles. The van der Waals surface area contributed by atoms with Gasteiger partial charge in [0.15, 0.2) is 0 Å². The molecular weight excluding hydrogens is 381 g/mol. The zero-order valence-corrected chi connectivity index (χ0v) is 17.4. The van der Waals surface area contributed by atoms with E-state index in [4.69, 9.17) is 4.74 Å². The van der Waals surface area contributed by atoms with Gasteiger partial charge in [-0.2, -0.15) is 0 Å². The molecule has 3 rings (SSSR count).